The third kappa shape index (κ3) is 2.55. The largest absolute Gasteiger partial charge is 0.461 e. The maximum Gasteiger partial charge on any atom is 0.368 e. The summed E-state index contributed by atoms with van der Waals surface area (Å²) in [5, 5.41) is 2.45. The Kier molecular flexibility index (Phi) is 4.60. The Bertz CT molecular complexity index is 720. The van der Waals surface area contributed by atoms with Crippen LogP contribution < -0.4 is 5.32 Å². The minimum atomic E-state index is -1.08. The van der Waals surface area contributed by atoms with E-state index in [1.807, 2.05) is 24.4 Å². The van der Waals surface area contributed by atoms with Gasteiger partial charge in [0, 0.05) is 24.1 Å². The predicted octanol–water partition coefficient (Wildman–Crippen LogP) is 0.901. The van der Waals surface area contributed by atoms with Crippen LogP contribution in [0, 0.1) is 11.8 Å². The number of nitrogens with two attached hydrogens (primary N) is 1. The van der Waals surface area contributed by atoms with Crippen molar-refractivity contribution >= 4 is 29.4 Å². The lowest BCUT2D eigenvalue weighted by atomic mass is 9.78. The number of ether oxygens (including phenoxy) is 1. The van der Waals surface area contributed by atoms with Gasteiger partial charge in [0.05, 0.1) is 6.61 Å². The molecule has 2 aliphatic rings. The number of esters is 1. The molecule has 2 saturated heterocycles. The number of benzene rings is 1. The molecule has 2 fully saturated rings. The highest BCUT2D eigenvalue weighted by Crippen LogP contribution is 2.45. The molecular formula is C18H22ClN2O4+. The Morgan fingerprint density at radius 2 is 1.88 bits per heavy atom. The molecular weight excluding hydrogens is 344 g/mol. The number of halogens is 1. The summed E-state index contributed by atoms with van der Waals surface area (Å²) in [5.41, 5.74) is -0.210. The van der Waals surface area contributed by atoms with Crippen LogP contribution in [-0.2, 0) is 19.1 Å². The van der Waals surface area contributed by atoms with Gasteiger partial charge in [-0.1, -0.05) is 30.7 Å². The number of fused-ring (bicyclic) bond motifs is 1. The van der Waals surface area contributed by atoms with Gasteiger partial charge in [0.1, 0.15) is 17.9 Å². The number of hydrogen-bond acceptors (Lipinski definition) is 4. The number of nitrogens with zero attached hydrogens (tertiary/aromatic N) is 1. The zero-order valence-electron chi connectivity index (χ0n) is 14.5. The number of rotatable bonds is 4. The number of likely N-dealkylation sites (tertiary alicyclic amines) is 1. The molecule has 0 saturated carbocycles. The Morgan fingerprint density at radius 1 is 1.24 bits per heavy atom. The van der Waals surface area contributed by atoms with Crippen LogP contribution in [0.4, 0.5) is 0 Å². The van der Waals surface area contributed by atoms with Gasteiger partial charge in [-0.2, -0.15) is 0 Å². The molecule has 1 aromatic carbocycles. The number of quaternary nitrogens is 1. The first-order valence-corrected chi connectivity index (χ1v) is 8.85. The van der Waals surface area contributed by atoms with Crippen LogP contribution in [0.3, 0.4) is 0 Å². The molecule has 2 heterocycles. The summed E-state index contributed by atoms with van der Waals surface area (Å²) in [6, 6.07) is 6.86. The van der Waals surface area contributed by atoms with E-state index in [1.54, 1.807) is 19.1 Å². The van der Waals surface area contributed by atoms with Gasteiger partial charge in [0.15, 0.2) is 0 Å². The smallest absolute Gasteiger partial charge is 0.368 e. The van der Waals surface area contributed by atoms with Crippen LogP contribution in [0.5, 0.6) is 0 Å². The molecule has 7 heteroatoms. The van der Waals surface area contributed by atoms with Crippen molar-refractivity contribution in [2.45, 2.75) is 31.8 Å². The van der Waals surface area contributed by atoms with Crippen molar-refractivity contribution in [3.63, 3.8) is 0 Å². The van der Waals surface area contributed by atoms with Crippen LogP contribution in [-0.4, -0.2) is 41.9 Å². The average molecular weight is 366 g/mol. The molecule has 1 aromatic rings. The highest BCUT2D eigenvalue weighted by molar-refractivity contribution is 6.30. The highest BCUT2D eigenvalue weighted by Gasteiger charge is 2.71. The van der Waals surface area contributed by atoms with E-state index in [4.69, 9.17) is 16.3 Å². The predicted molar refractivity (Wildman–Crippen MR) is 90.5 cm³/mol. The second-order valence-corrected chi connectivity index (χ2v) is 7.03. The quantitative estimate of drug-likeness (QED) is 0.635. The zero-order valence-corrected chi connectivity index (χ0v) is 15.2. The molecule has 4 atom stereocenters. The van der Waals surface area contributed by atoms with Gasteiger partial charge in [0.25, 0.3) is 0 Å². The van der Waals surface area contributed by atoms with Gasteiger partial charge in [-0.25, -0.2) is 4.79 Å². The van der Waals surface area contributed by atoms with Crippen molar-refractivity contribution in [2.24, 2.45) is 11.8 Å². The van der Waals surface area contributed by atoms with E-state index in [0.717, 1.165) is 10.5 Å². The molecule has 2 N–H and O–H groups in total. The van der Waals surface area contributed by atoms with Crippen LogP contribution in [0.25, 0.3) is 0 Å². The first-order chi connectivity index (χ1) is 11.9. The first-order valence-electron chi connectivity index (χ1n) is 8.47. The lowest BCUT2D eigenvalue weighted by Gasteiger charge is -2.28. The van der Waals surface area contributed by atoms with E-state index in [2.05, 4.69) is 0 Å². The van der Waals surface area contributed by atoms with Crippen molar-refractivity contribution in [2.75, 3.05) is 13.7 Å². The van der Waals surface area contributed by atoms with Crippen LogP contribution in [0.1, 0.15) is 31.9 Å². The molecule has 0 aromatic heterocycles. The van der Waals surface area contributed by atoms with E-state index in [9.17, 15) is 14.4 Å². The SMILES string of the molecule is CCOC(=O)[C@@]1(CC)[NH2+][C@@H](c2ccc(Cl)cc2)[C@H]2C(=O)N(C)C(=O)[C@@H]21. The number of imide groups is 1. The van der Waals surface area contributed by atoms with E-state index in [1.165, 1.54) is 7.05 Å². The Labute approximate surface area is 151 Å². The van der Waals surface area contributed by atoms with Gasteiger partial charge in [-0.15, -0.1) is 0 Å². The minimum absolute atomic E-state index is 0.232. The molecule has 0 aliphatic carbocycles. The molecule has 0 unspecified atom stereocenters. The summed E-state index contributed by atoms with van der Waals surface area (Å²) in [4.78, 5) is 39.4. The normalized spacial score (nSPS) is 31.4. The first kappa shape index (κ1) is 17.9. The standard InChI is InChI=1S/C18H21ClN2O4/c1-4-18(17(24)25-5-2)13-12(15(22)21(3)16(13)23)14(20-18)10-6-8-11(19)9-7-10/h6-9,12-14,20H,4-5H2,1-3H3/p+1/t12-,13+,14-,18-/m0/s1. The van der Waals surface area contributed by atoms with Gasteiger partial charge < -0.3 is 10.1 Å². The van der Waals surface area contributed by atoms with Crippen molar-refractivity contribution in [3.05, 3.63) is 34.9 Å². The Hall–Kier alpha value is -1.92. The molecule has 3 rings (SSSR count). The minimum Gasteiger partial charge on any atom is -0.461 e. The molecule has 134 valence electrons. The summed E-state index contributed by atoms with van der Waals surface area (Å²) < 4.78 is 5.28. The maximum absolute atomic E-state index is 12.8. The highest BCUT2D eigenvalue weighted by atomic mass is 35.5. The number of hydrogen-bond donors (Lipinski definition) is 1. The lowest BCUT2D eigenvalue weighted by molar-refractivity contribution is -0.734. The molecule has 0 bridgehead atoms. The number of carbonyl (C=O) groups is 3. The molecule has 2 aliphatic heterocycles. The zero-order chi connectivity index (χ0) is 18.4. The summed E-state index contributed by atoms with van der Waals surface area (Å²) in [7, 11) is 1.48. The van der Waals surface area contributed by atoms with Crippen molar-refractivity contribution in [3.8, 4) is 0 Å². The van der Waals surface area contributed by atoms with Crippen molar-refractivity contribution in [1.82, 2.24) is 4.90 Å². The third-order valence-electron chi connectivity index (χ3n) is 5.49. The van der Waals surface area contributed by atoms with E-state index in [0.29, 0.717) is 11.4 Å². The molecule has 25 heavy (non-hydrogen) atoms. The summed E-state index contributed by atoms with van der Waals surface area (Å²) >= 11 is 5.97. The van der Waals surface area contributed by atoms with Crippen LogP contribution in [0.15, 0.2) is 24.3 Å². The van der Waals surface area contributed by atoms with E-state index < -0.39 is 23.3 Å². The Morgan fingerprint density at radius 3 is 2.44 bits per heavy atom. The lowest BCUT2D eigenvalue weighted by Crippen LogP contribution is -2.98. The van der Waals surface area contributed by atoms with E-state index >= 15 is 0 Å². The molecule has 6 nitrogen and oxygen atoms in total. The number of carbonyl (C=O) groups excluding carboxylic acids is 3. The summed E-state index contributed by atoms with van der Waals surface area (Å²) in [6.07, 6.45) is 0.407. The maximum atomic E-state index is 12.8. The van der Waals surface area contributed by atoms with E-state index in [-0.39, 0.29) is 24.5 Å². The van der Waals surface area contributed by atoms with Crippen molar-refractivity contribution < 1.29 is 24.4 Å². The van der Waals surface area contributed by atoms with Gasteiger partial charge in [-0.05, 0) is 19.1 Å². The fraction of sp³-hybridized carbons (Fsp3) is 0.500. The molecule has 2 amide bonds. The number of amides is 2. The summed E-state index contributed by atoms with van der Waals surface area (Å²) in [6.45, 7) is 3.82. The van der Waals surface area contributed by atoms with Crippen LogP contribution in [0.2, 0.25) is 5.02 Å². The molecule has 0 radical (unpaired) electrons. The fourth-order valence-electron chi connectivity index (χ4n) is 4.20. The van der Waals surface area contributed by atoms with Gasteiger partial charge in [0.2, 0.25) is 17.4 Å². The fourth-order valence-corrected chi connectivity index (χ4v) is 4.32. The third-order valence-corrected chi connectivity index (χ3v) is 5.74. The van der Waals surface area contributed by atoms with Crippen molar-refractivity contribution in [1.29, 1.82) is 0 Å². The monoisotopic (exact) mass is 365 g/mol. The molecule has 0 spiro atoms. The van der Waals surface area contributed by atoms with Gasteiger partial charge in [-0.3, -0.25) is 14.5 Å². The second-order valence-electron chi connectivity index (χ2n) is 6.60. The Balaban J connectivity index is 2.10. The summed E-state index contributed by atoms with van der Waals surface area (Å²) in [5.74, 6) is -2.28. The second kappa shape index (κ2) is 6.42. The van der Waals surface area contributed by atoms with Crippen LogP contribution >= 0.6 is 11.6 Å². The average Bonchev–Trinajstić information content (AvgIpc) is 3.06. The topological polar surface area (TPSA) is 80.3 Å². The van der Waals surface area contributed by atoms with Gasteiger partial charge >= 0.3 is 5.97 Å².